The molecule has 0 aliphatic carbocycles. The van der Waals surface area contributed by atoms with E-state index in [0.29, 0.717) is 0 Å². The summed E-state index contributed by atoms with van der Waals surface area (Å²) in [5.41, 5.74) is 0.757. The Morgan fingerprint density at radius 3 is 2.38 bits per heavy atom. The zero-order valence-electron chi connectivity index (χ0n) is 8.43. The van der Waals surface area contributed by atoms with Crippen molar-refractivity contribution in [3.05, 3.63) is 40.8 Å². The summed E-state index contributed by atoms with van der Waals surface area (Å²) in [5.74, 6) is 0. The molecule has 0 saturated heterocycles. The summed E-state index contributed by atoms with van der Waals surface area (Å²) in [7, 11) is -3.86. The highest BCUT2D eigenvalue weighted by molar-refractivity contribution is 7.90. The van der Waals surface area contributed by atoms with Crippen LogP contribution in [0.3, 0.4) is 0 Å². The lowest BCUT2D eigenvalue weighted by Gasteiger charge is -2.05. The Kier molecular flexibility index (Phi) is 4.80. The van der Waals surface area contributed by atoms with Crippen LogP contribution in [0.4, 0.5) is 0 Å². The van der Waals surface area contributed by atoms with Crippen LogP contribution >= 0.6 is 23.2 Å². The molecule has 3 nitrogen and oxygen atoms in total. The second-order valence-corrected chi connectivity index (χ2v) is 5.74. The van der Waals surface area contributed by atoms with Crippen LogP contribution in [0.5, 0.6) is 0 Å². The van der Waals surface area contributed by atoms with Gasteiger partial charge in [-0.3, -0.25) is 0 Å². The van der Waals surface area contributed by atoms with E-state index in [9.17, 15) is 8.42 Å². The Bertz CT molecular complexity index is 466. The van der Waals surface area contributed by atoms with Gasteiger partial charge >= 0.3 is 0 Å². The third-order valence-electron chi connectivity index (χ3n) is 1.76. The van der Waals surface area contributed by atoms with Gasteiger partial charge in [0.2, 0.25) is 5.02 Å². The maximum atomic E-state index is 11.5. The summed E-state index contributed by atoms with van der Waals surface area (Å²) in [6, 6.07) is 9.00. The van der Waals surface area contributed by atoms with Crippen molar-refractivity contribution in [2.75, 3.05) is 0 Å². The van der Waals surface area contributed by atoms with Gasteiger partial charge in [0.1, 0.15) is 0 Å². The first-order chi connectivity index (χ1) is 7.42. The highest BCUT2D eigenvalue weighted by atomic mass is 35.5. The van der Waals surface area contributed by atoms with Crippen LogP contribution in [0.25, 0.3) is 6.08 Å². The summed E-state index contributed by atoms with van der Waals surface area (Å²) in [4.78, 5) is 0.0463. The van der Waals surface area contributed by atoms with Crippen LogP contribution in [0.2, 0.25) is 0 Å². The van der Waals surface area contributed by atoms with Gasteiger partial charge in [-0.15, -0.1) is 0 Å². The molecule has 0 aliphatic heterocycles. The molecular formula is C10H10Cl2O3S. The van der Waals surface area contributed by atoms with Gasteiger partial charge in [0, 0.05) is 0 Å². The second-order valence-electron chi connectivity index (χ2n) is 2.98. The molecule has 0 aliphatic rings. The average Bonchev–Trinajstić information content (AvgIpc) is 2.17. The molecule has 0 unspecified atom stereocenters. The molecular weight excluding hydrogens is 271 g/mol. The van der Waals surface area contributed by atoms with Crippen molar-refractivity contribution in [3.8, 4) is 0 Å². The molecule has 6 heteroatoms. The molecule has 88 valence electrons. The maximum absolute atomic E-state index is 11.5. The van der Waals surface area contributed by atoms with Crippen LogP contribution in [-0.4, -0.2) is 13.4 Å². The first-order valence-corrected chi connectivity index (χ1v) is 6.65. The first kappa shape index (κ1) is 13.5. The Balaban J connectivity index is 2.94. The van der Waals surface area contributed by atoms with Gasteiger partial charge < -0.3 is 0 Å². The minimum Gasteiger partial charge on any atom is -0.230 e. The fourth-order valence-corrected chi connectivity index (χ4v) is 2.23. The topological polar surface area (TPSA) is 43.4 Å². The Morgan fingerprint density at radius 2 is 1.88 bits per heavy atom. The molecule has 0 radical (unpaired) electrons. The van der Waals surface area contributed by atoms with Gasteiger partial charge in [0.25, 0.3) is 10.1 Å². The minimum absolute atomic E-state index is 0.0463. The summed E-state index contributed by atoms with van der Waals surface area (Å²) in [6.07, 6.45) is 1.48. The Hall–Kier alpha value is -0.550. The summed E-state index contributed by atoms with van der Waals surface area (Å²) >= 11 is 10.5. The molecule has 0 aromatic heterocycles. The van der Waals surface area contributed by atoms with E-state index < -0.39 is 15.1 Å². The smallest absolute Gasteiger partial charge is 0.230 e. The molecule has 0 heterocycles. The summed E-state index contributed by atoms with van der Waals surface area (Å²) < 4.78 is 27.4. The quantitative estimate of drug-likeness (QED) is 0.629. The van der Waals surface area contributed by atoms with Gasteiger partial charge in [-0.05, 0) is 18.6 Å². The number of hydrogen-bond acceptors (Lipinski definition) is 3. The van der Waals surface area contributed by atoms with E-state index in [1.807, 2.05) is 6.07 Å². The number of rotatable bonds is 4. The van der Waals surface area contributed by atoms with Gasteiger partial charge in [0.15, 0.2) is 0 Å². The van der Waals surface area contributed by atoms with E-state index in [-0.39, 0.29) is 4.91 Å². The van der Waals surface area contributed by atoms with Crippen molar-refractivity contribution in [1.29, 1.82) is 0 Å². The standard InChI is InChI=1S/C10H10Cl2O3S/c1-8(16(13,14)15-10(11)12)7-9-5-3-2-4-6-9/h2-7,10H,1H3. The van der Waals surface area contributed by atoms with Crippen molar-refractivity contribution < 1.29 is 12.6 Å². The number of benzene rings is 1. The van der Waals surface area contributed by atoms with Crippen molar-refractivity contribution in [1.82, 2.24) is 0 Å². The molecule has 0 atom stereocenters. The number of allylic oxidation sites excluding steroid dienone is 1. The summed E-state index contributed by atoms with van der Waals surface area (Å²) in [6.45, 7) is 1.42. The molecule has 0 N–H and O–H groups in total. The van der Waals surface area contributed by atoms with E-state index in [0.717, 1.165) is 5.56 Å². The number of halogens is 2. The molecule has 0 bridgehead atoms. The van der Waals surface area contributed by atoms with E-state index >= 15 is 0 Å². The fourth-order valence-electron chi connectivity index (χ4n) is 1.03. The van der Waals surface area contributed by atoms with Crippen molar-refractivity contribution in [3.63, 3.8) is 0 Å². The highest BCUT2D eigenvalue weighted by Gasteiger charge is 2.18. The van der Waals surface area contributed by atoms with Crippen LogP contribution in [-0.2, 0) is 14.3 Å². The van der Waals surface area contributed by atoms with E-state index in [1.54, 1.807) is 24.3 Å². The van der Waals surface area contributed by atoms with E-state index in [2.05, 4.69) is 4.18 Å². The molecule has 0 spiro atoms. The van der Waals surface area contributed by atoms with E-state index in [1.165, 1.54) is 13.0 Å². The highest BCUT2D eigenvalue weighted by Crippen LogP contribution is 2.18. The lowest BCUT2D eigenvalue weighted by molar-refractivity contribution is 0.355. The normalized spacial score (nSPS) is 13.1. The van der Waals surface area contributed by atoms with Gasteiger partial charge in [0.05, 0.1) is 4.91 Å². The largest absolute Gasteiger partial charge is 0.295 e. The van der Waals surface area contributed by atoms with Gasteiger partial charge in [-0.1, -0.05) is 53.5 Å². The Labute approximate surface area is 105 Å². The van der Waals surface area contributed by atoms with Crippen LogP contribution in [0.1, 0.15) is 12.5 Å². The molecule has 1 aromatic rings. The third-order valence-corrected chi connectivity index (χ3v) is 3.51. The number of alkyl halides is 2. The predicted molar refractivity (Wildman–Crippen MR) is 65.6 cm³/mol. The van der Waals surface area contributed by atoms with Crippen LogP contribution < -0.4 is 0 Å². The molecule has 1 aromatic carbocycles. The van der Waals surface area contributed by atoms with Gasteiger partial charge in [-0.25, -0.2) is 4.18 Å². The average molecular weight is 281 g/mol. The fraction of sp³-hybridized carbons (Fsp3) is 0.200. The first-order valence-electron chi connectivity index (χ1n) is 4.36. The van der Waals surface area contributed by atoms with Gasteiger partial charge in [-0.2, -0.15) is 8.42 Å². The second kappa shape index (κ2) is 5.68. The molecule has 0 saturated carbocycles. The maximum Gasteiger partial charge on any atom is 0.295 e. The zero-order valence-corrected chi connectivity index (χ0v) is 10.8. The van der Waals surface area contributed by atoms with Crippen LogP contribution in [0.15, 0.2) is 35.2 Å². The van der Waals surface area contributed by atoms with E-state index in [4.69, 9.17) is 23.2 Å². The Morgan fingerprint density at radius 1 is 1.31 bits per heavy atom. The minimum atomic E-state index is -3.86. The predicted octanol–water partition coefficient (Wildman–Crippen LogP) is 3.16. The van der Waals surface area contributed by atoms with Crippen molar-refractivity contribution >= 4 is 39.4 Å². The zero-order chi connectivity index (χ0) is 12.2. The summed E-state index contributed by atoms with van der Waals surface area (Å²) in [5, 5.41) is -1.40. The molecule has 1 rings (SSSR count). The van der Waals surface area contributed by atoms with Crippen molar-refractivity contribution in [2.24, 2.45) is 0 Å². The lowest BCUT2D eigenvalue weighted by atomic mass is 10.2. The lowest BCUT2D eigenvalue weighted by Crippen LogP contribution is -2.09. The van der Waals surface area contributed by atoms with Crippen molar-refractivity contribution in [2.45, 2.75) is 11.9 Å². The van der Waals surface area contributed by atoms with Crippen LogP contribution in [0, 0.1) is 0 Å². The number of hydrogen-bond donors (Lipinski definition) is 0. The SMILES string of the molecule is CC(=Cc1ccccc1)S(=O)(=O)OC(Cl)Cl. The monoisotopic (exact) mass is 280 g/mol. The third kappa shape index (κ3) is 4.14. The molecule has 16 heavy (non-hydrogen) atoms. The molecule has 0 fully saturated rings. The molecule has 0 amide bonds.